The number of benzene rings is 6. The van der Waals surface area contributed by atoms with Gasteiger partial charge in [-0.3, -0.25) is 0 Å². The Morgan fingerprint density at radius 3 is 1.62 bits per heavy atom. The highest BCUT2D eigenvalue weighted by molar-refractivity contribution is 6.00. The first-order valence-corrected chi connectivity index (χ1v) is 16.6. The summed E-state index contributed by atoms with van der Waals surface area (Å²) in [5.41, 5.74) is 14.9. The second-order valence-electron chi connectivity index (χ2n) is 11.6. The highest BCUT2D eigenvalue weighted by atomic mass is 15.2. The Kier molecular flexibility index (Phi) is 10.1. The molecule has 0 N–H and O–H groups in total. The lowest BCUT2D eigenvalue weighted by atomic mass is 9.89. The SMILES string of the molecule is C=CC(=CC)c1cccc(-c2ccccc2-c2ccc(-c3ccccc3)cc2)c1N(C(C=CC)=CC)c1ccccc1-c1ccccc1. The molecule has 0 heterocycles. The van der Waals surface area contributed by atoms with E-state index in [0.29, 0.717) is 0 Å². The van der Waals surface area contributed by atoms with E-state index < -0.39 is 0 Å². The van der Waals surface area contributed by atoms with Gasteiger partial charge in [-0.2, -0.15) is 0 Å². The van der Waals surface area contributed by atoms with Crippen LogP contribution in [0.4, 0.5) is 11.4 Å². The molecule has 234 valence electrons. The Morgan fingerprint density at radius 2 is 1.00 bits per heavy atom. The molecule has 48 heavy (non-hydrogen) atoms. The maximum atomic E-state index is 4.23. The zero-order valence-electron chi connectivity index (χ0n) is 28.0. The number of para-hydroxylation sites is 2. The van der Waals surface area contributed by atoms with E-state index in [1.165, 1.54) is 33.4 Å². The Morgan fingerprint density at radius 1 is 0.479 bits per heavy atom. The van der Waals surface area contributed by atoms with Gasteiger partial charge in [0.15, 0.2) is 0 Å². The van der Waals surface area contributed by atoms with Gasteiger partial charge in [0, 0.05) is 22.4 Å². The standard InChI is InChI=1S/C47H41N/c1-5-20-40(8-4)48(46-30-18-17-26-42(46)38-23-13-10-14-24-38)47-43(35(6-2)7-3)28-19-29-45(47)44-27-16-15-25-41(44)39-33-31-37(32-34-39)36-21-11-9-12-22-36/h5-34H,2H2,1,3-4H3. The molecule has 0 saturated carbocycles. The van der Waals surface area contributed by atoms with Crippen LogP contribution in [0.15, 0.2) is 194 Å². The molecule has 0 fully saturated rings. The van der Waals surface area contributed by atoms with Crippen molar-refractivity contribution < 1.29 is 0 Å². The van der Waals surface area contributed by atoms with Crippen molar-refractivity contribution in [3.05, 3.63) is 200 Å². The van der Waals surface area contributed by atoms with E-state index in [9.17, 15) is 0 Å². The van der Waals surface area contributed by atoms with Crippen molar-refractivity contribution in [2.24, 2.45) is 0 Å². The maximum Gasteiger partial charge on any atom is 0.0618 e. The fraction of sp³-hybridized carbons (Fsp3) is 0.0638. The lowest BCUT2D eigenvalue weighted by molar-refractivity contribution is 1.19. The molecule has 0 aliphatic heterocycles. The van der Waals surface area contributed by atoms with Crippen molar-refractivity contribution in [1.82, 2.24) is 0 Å². The highest BCUT2D eigenvalue weighted by Gasteiger charge is 2.25. The van der Waals surface area contributed by atoms with Gasteiger partial charge >= 0.3 is 0 Å². The van der Waals surface area contributed by atoms with E-state index in [0.717, 1.165) is 39.3 Å². The zero-order chi connectivity index (χ0) is 33.3. The number of rotatable bonds is 10. The lowest BCUT2D eigenvalue weighted by Gasteiger charge is -2.33. The summed E-state index contributed by atoms with van der Waals surface area (Å²) in [4.78, 5) is 2.43. The first-order chi connectivity index (χ1) is 23.7. The molecule has 0 unspecified atom stereocenters. The van der Waals surface area contributed by atoms with Crippen LogP contribution in [0.3, 0.4) is 0 Å². The first kappa shape index (κ1) is 32.0. The molecular formula is C47H41N. The molecule has 6 rings (SSSR count). The number of anilines is 2. The van der Waals surface area contributed by atoms with E-state index in [1.807, 2.05) is 6.08 Å². The molecule has 0 bridgehead atoms. The highest BCUT2D eigenvalue weighted by Crippen LogP contribution is 2.48. The summed E-state index contributed by atoms with van der Waals surface area (Å²) in [5.74, 6) is 0. The third-order valence-corrected chi connectivity index (χ3v) is 8.74. The molecule has 1 nitrogen and oxygen atoms in total. The largest absolute Gasteiger partial charge is 0.309 e. The van der Waals surface area contributed by atoms with Gasteiger partial charge in [-0.1, -0.05) is 176 Å². The topological polar surface area (TPSA) is 3.24 Å². The van der Waals surface area contributed by atoms with Crippen LogP contribution >= 0.6 is 0 Å². The van der Waals surface area contributed by atoms with Crippen LogP contribution in [0.25, 0.3) is 50.1 Å². The van der Waals surface area contributed by atoms with Crippen LogP contribution in [0.1, 0.15) is 26.3 Å². The average Bonchev–Trinajstić information content (AvgIpc) is 3.16. The smallest absolute Gasteiger partial charge is 0.0618 e. The third-order valence-electron chi connectivity index (χ3n) is 8.74. The third kappa shape index (κ3) is 6.49. The molecule has 6 aromatic carbocycles. The summed E-state index contributed by atoms with van der Waals surface area (Å²) in [6.07, 6.45) is 10.6. The summed E-state index contributed by atoms with van der Waals surface area (Å²) in [6, 6.07) is 54.2. The quantitative estimate of drug-likeness (QED) is 0.138. The van der Waals surface area contributed by atoms with Crippen molar-refractivity contribution in [3.8, 4) is 44.5 Å². The Hall–Kier alpha value is -5.92. The Balaban J connectivity index is 1.64. The average molecular weight is 620 g/mol. The lowest BCUT2D eigenvalue weighted by Crippen LogP contribution is -2.19. The Labute approximate surface area is 286 Å². The van der Waals surface area contributed by atoms with Crippen LogP contribution in [0.2, 0.25) is 0 Å². The zero-order valence-corrected chi connectivity index (χ0v) is 28.0. The molecular weight excluding hydrogens is 579 g/mol. The molecule has 0 radical (unpaired) electrons. The van der Waals surface area contributed by atoms with Gasteiger partial charge in [-0.05, 0) is 71.9 Å². The number of hydrogen-bond acceptors (Lipinski definition) is 1. The van der Waals surface area contributed by atoms with Crippen LogP contribution in [-0.4, -0.2) is 0 Å². The van der Waals surface area contributed by atoms with Gasteiger partial charge < -0.3 is 4.90 Å². The molecule has 1 heteroatoms. The maximum absolute atomic E-state index is 4.23. The molecule has 0 spiro atoms. The van der Waals surface area contributed by atoms with Gasteiger partial charge in [0.2, 0.25) is 0 Å². The molecule has 0 aliphatic rings. The fourth-order valence-electron chi connectivity index (χ4n) is 6.45. The predicted octanol–water partition coefficient (Wildman–Crippen LogP) is 13.6. The van der Waals surface area contributed by atoms with E-state index >= 15 is 0 Å². The van der Waals surface area contributed by atoms with E-state index in [-0.39, 0.29) is 0 Å². The second-order valence-corrected chi connectivity index (χ2v) is 11.6. The fourth-order valence-corrected chi connectivity index (χ4v) is 6.45. The minimum absolute atomic E-state index is 1.08. The van der Waals surface area contributed by atoms with Crippen molar-refractivity contribution in [2.45, 2.75) is 20.8 Å². The summed E-state index contributed by atoms with van der Waals surface area (Å²) < 4.78 is 0. The summed E-state index contributed by atoms with van der Waals surface area (Å²) in [5, 5.41) is 0. The molecule has 0 atom stereocenters. The van der Waals surface area contributed by atoms with Crippen LogP contribution in [0, 0.1) is 0 Å². The van der Waals surface area contributed by atoms with E-state index in [1.54, 1.807) is 0 Å². The number of hydrogen-bond donors (Lipinski definition) is 0. The monoisotopic (exact) mass is 619 g/mol. The van der Waals surface area contributed by atoms with Crippen molar-refractivity contribution >= 4 is 16.9 Å². The van der Waals surface area contributed by atoms with Gasteiger partial charge in [0.1, 0.15) is 0 Å². The normalized spacial score (nSPS) is 11.9. The molecule has 0 aromatic heterocycles. The predicted molar refractivity (Wildman–Crippen MR) is 209 cm³/mol. The minimum atomic E-state index is 1.08. The Bertz CT molecular complexity index is 2100. The van der Waals surface area contributed by atoms with Crippen LogP contribution in [0.5, 0.6) is 0 Å². The summed E-state index contributed by atoms with van der Waals surface area (Å²) >= 11 is 0. The first-order valence-electron chi connectivity index (χ1n) is 16.6. The molecule has 0 saturated heterocycles. The van der Waals surface area contributed by atoms with Crippen molar-refractivity contribution in [3.63, 3.8) is 0 Å². The van der Waals surface area contributed by atoms with E-state index in [2.05, 4.69) is 208 Å². The van der Waals surface area contributed by atoms with Gasteiger partial charge in [0.05, 0.1) is 11.4 Å². The number of allylic oxidation sites excluding steroid dienone is 6. The van der Waals surface area contributed by atoms with Crippen molar-refractivity contribution in [1.29, 1.82) is 0 Å². The minimum Gasteiger partial charge on any atom is -0.309 e. The summed E-state index contributed by atoms with van der Waals surface area (Å²) in [7, 11) is 0. The van der Waals surface area contributed by atoms with Gasteiger partial charge in [0.25, 0.3) is 0 Å². The number of nitrogens with zero attached hydrogens (tertiary/aromatic N) is 1. The van der Waals surface area contributed by atoms with Gasteiger partial charge in [-0.15, -0.1) is 0 Å². The van der Waals surface area contributed by atoms with Gasteiger partial charge in [-0.25, -0.2) is 0 Å². The van der Waals surface area contributed by atoms with E-state index in [4.69, 9.17) is 0 Å². The van der Waals surface area contributed by atoms with Crippen LogP contribution in [-0.2, 0) is 0 Å². The molecule has 6 aromatic rings. The van der Waals surface area contributed by atoms with Crippen molar-refractivity contribution in [2.75, 3.05) is 4.90 Å². The molecule has 0 aliphatic carbocycles. The van der Waals surface area contributed by atoms with Crippen LogP contribution < -0.4 is 4.90 Å². The second kappa shape index (κ2) is 15.1. The molecule has 0 amide bonds. The summed E-state index contributed by atoms with van der Waals surface area (Å²) in [6.45, 7) is 10.5.